The first-order chi connectivity index (χ1) is 17.8. The molecule has 6 heteroatoms. The number of carbonyl (C=O) groups excluding carboxylic acids is 1. The molecule has 0 saturated carbocycles. The summed E-state index contributed by atoms with van der Waals surface area (Å²) in [7, 11) is 0. The van der Waals surface area contributed by atoms with E-state index in [1.165, 1.54) is 5.56 Å². The van der Waals surface area contributed by atoms with Gasteiger partial charge in [-0.25, -0.2) is 4.98 Å². The van der Waals surface area contributed by atoms with Gasteiger partial charge in [-0.05, 0) is 59.7 Å². The summed E-state index contributed by atoms with van der Waals surface area (Å²) < 4.78 is 11.4. The van der Waals surface area contributed by atoms with Gasteiger partial charge in [-0.3, -0.25) is 0 Å². The van der Waals surface area contributed by atoms with Gasteiger partial charge in [0.1, 0.15) is 31.1 Å². The molecule has 0 aliphatic heterocycles. The molecular weight excluding hydrogens is 484 g/mol. The van der Waals surface area contributed by atoms with Crippen LogP contribution in [0, 0.1) is 11.3 Å². The van der Waals surface area contributed by atoms with Gasteiger partial charge in [0.15, 0.2) is 5.89 Å². The first kappa shape index (κ1) is 31.7. The SMILES string of the molecule is C=C.C=O.CCc1cc(C(C)(C)c2ccc(OCc3coc(C(C)C)n3)cc2)cc(C#N)c1CCCCl. The molecule has 1 aromatic heterocycles. The van der Waals surface area contributed by atoms with E-state index < -0.39 is 0 Å². The zero-order valence-corrected chi connectivity index (χ0v) is 23.5. The standard InChI is InChI=1S/C28H33ClN2O2.C2H4.CH2O/c1-6-20-14-23(15-21(16-30)26(20)8-7-13-29)28(4,5)22-9-11-25(12-10-22)32-17-24-18-33-27(31-24)19(2)3;2*1-2/h9-12,14-15,18-19H,6-8,13,17H2,1-5H3;1-2H2;1H2. The lowest BCUT2D eigenvalue weighted by atomic mass is 9.76. The minimum absolute atomic E-state index is 0.253. The molecule has 0 radical (unpaired) electrons. The highest BCUT2D eigenvalue weighted by Crippen LogP contribution is 2.35. The second-order valence-corrected chi connectivity index (χ2v) is 9.57. The Bertz CT molecular complexity index is 1140. The first-order valence-electron chi connectivity index (χ1n) is 12.4. The number of alkyl halides is 1. The van der Waals surface area contributed by atoms with Crippen LogP contribution in [0.25, 0.3) is 0 Å². The molecule has 1 heterocycles. The number of hydrogen-bond acceptors (Lipinski definition) is 5. The summed E-state index contributed by atoms with van der Waals surface area (Å²) in [6, 6.07) is 14.9. The Kier molecular flexibility index (Phi) is 13.4. The minimum Gasteiger partial charge on any atom is -0.487 e. The molecule has 0 spiro atoms. The Morgan fingerprint density at radius 1 is 1.14 bits per heavy atom. The molecule has 0 amide bonds. The summed E-state index contributed by atoms with van der Waals surface area (Å²) in [5, 5.41) is 9.81. The van der Waals surface area contributed by atoms with Crippen LogP contribution < -0.4 is 4.74 Å². The van der Waals surface area contributed by atoms with Crippen LogP contribution in [0.3, 0.4) is 0 Å². The molecule has 198 valence electrons. The second-order valence-electron chi connectivity index (χ2n) is 9.19. The molecule has 0 bridgehead atoms. The van der Waals surface area contributed by atoms with Crippen molar-refractivity contribution in [1.29, 1.82) is 5.26 Å². The van der Waals surface area contributed by atoms with Crippen LogP contribution in [0.5, 0.6) is 5.75 Å². The smallest absolute Gasteiger partial charge is 0.196 e. The highest BCUT2D eigenvalue weighted by atomic mass is 35.5. The monoisotopic (exact) mass is 522 g/mol. The van der Waals surface area contributed by atoms with Crippen molar-refractivity contribution in [3.8, 4) is 11.8 Å². The molecule has 0 unspecified atom stereocenters. The van der Waals surface area contributed by atoms with Crippen LogP contribution in [0.4, 0.5) is 0 Å². The van der Waals surface area contributed by atoms with Gasteiger partial charge in [0.25, 0.3) is 0 Å². The molecule has 2 aromatic carbocycles. The zero-order chi connectivity index (χ0) is 28.0. The molecule has 0 atom stereocenters. The van der Waals surface area contributed by atoms with Crippen molar-refractivity contribution < 1.29 is 13.9 Å². The predicted octanol–water partition coefficient (Wildman–Crippen LogP) is 7.93. The number of nitrogens with zero attached hydrogens (tertiary/aromatic N) is 2. The van der Waals surface area contributed by atoms with E-state index in [1.807, 2.05) is 38.8 Å². The van der Waals surface area contributed by atoms with Crippen molar-refractivity contribution in [2.45, 2.75) is 71.8 Å². The number of halogens is 1. The third-order valence-corrected chi connectivity index (χ3v) is 6.42. The van der Waals surface area contributed by atoms with E-state index in [4.69, 9.17) is 25.5 Å². The molecule has 0 aliphatic carbocycles. The Morgan fingerprint density at radius 2 is 1.78 bits per heavy atom. The van der Waals surface area contributed by atoms with Gasteiger partial charge < -0.3 is 13.9 Å². The van der Waals surface area contributed by atoms with Crippen molar-refractivity contribution >= 4 is 18.4 Å². The second kappa shape index (κ2) is 15.7. The maximum absolute atomic E-state index is 9.81. The van der Waals surface area contributed by atoms with Crippen molar-refractivity contribution in [2.75, 3.05) is 5.88 Å². The Hall–Kier alpha value is -3.36. The normalized spacial score (nSPS) is 10.5. The number of benzene rings is 2. The van der Waals surface area contributed by atoms with Crippen LogP contribution in [0.15, 0.2) is 60.2 Å². The van der Waals surface area contributed by atoms with Crippen LogP contribution in [-0.2, 0) is 29.7 Å². The molecule has 37 heavy (non-hydrogen) atoms. The fourth-order valence-corrected chi connectivity index (χ4v) is 4.13. The van der Waals surface area contributed by atoms with Crippen molar-refractivity contribution in [3.63, 3.8) is 0 Å². The molecule has 5 nitrogen and oxygen atoms in total. The fourth-order valence-electron chi connectivity index (χ4n) is 3.99. The van der Waals surface area contributed by atoms with E-state index in [0.29, 0.717) is 12.5 Å². The van der Waals surface area contributed by atoms with Gasteiger partial charge in [0, 0.05) is 17.2 Å². The summed E-state index contributed by atoms with van der Waals surface area (Å²) in [6.45, 7) is 19.0. The van der Waals surface area contributed by atoms with Gasteiger partial charge in [0.2, 0.25) is 0 Å². The van der Waals surface area contributed by atoms with E-state index in [-0.39, 0.29) is 11.3 Å². The van der Waals surface area contributed by atoms with Crippen LogP contribution in [0.2, 0.25) is 0 Å². The summed E-state index contributed by atoms with van der Waals surface area (Å²) in [5.74, 6) is 2.37. The highest BCUT2D eigenvalue weighted by Gasteiger charge is 2.25. The molecule has 0 aliphatic rings. The first-order valence-corrected chi connectivity index (χ1v) is 12.9. The average Bonchev–Trinajstić information content (AvgIpc) is 3.42. The van der Waals surface area contributed by atoms with Crippen molar-refractivity contribution in [1.82, 2.24) is 4.98 Å². The fraction of sp³-hybridized carbons (Fsp3) is 0.387. The lowest BCUT2D eigenvalue weighted by molar-refractivity contribution is -0.0980. The molecule has 3 aromatic rings. The Morgan fingerprint density at radius 3 is 2.30 bits per heavy atom. The minimum atomic E-state index is -0.253. The van der Waals surface area contributed by atoms with Gasteiger partial charge in [-0.1, -0.05) is 52.8 Å². The van der Waals surface area contributed by atoms with Crippen molar-refractivity contribution in [3.05, 3.63) is 95.2 Å². The van der Waals surface area contributed by atoms with E-state index >= 15 is 0 Å². The summed E-state index contributed by atoms with van der Waals surface area (Å²) >= 11 is 5.91. The van der Waals surface area contributed by atoms with Crippen LogP contribution in [-0.4, -0.2) is 17.7 Å². The van der Waals surface area contributed by atoms with Gasteiger partial charge in [-0.2, -0.15) is 5.26 Å². The molecule has 0 fully saturated rings. The maximum Gasteiger partial charge on any atom is 0.196 e. The van der Waals surface area contributed by atoms with Crippen molar-refractivity contribution in [2.24, 2.45) is 0 Å². The lowest BCUT2D eigenvalue weighted by Crippen LogP contribution is -2.20. The van der Waals surface area contributed by atoms with Gasteiger partial charge in [-0.15, -0.1) is 24.8 Å². The number of oxazole rings is 1. The number of carbonyl (C=O) groups is 1. The highest BCUT2D eigenvalue weighted by molar-refractivity contribution is 6.17. The molecule has 0 N–H and O–H groups in total. The number of nitriles is 1. The largest absolute Gasteiger partial charge is 0.487 e. The molecule has 0 saturated heterocycles. The van der Waals surface area contributed by atoms with E-state index in [9.17, 15) is 5.26 Å². The van der Waals surface area contributed by atoms with Gasteiger partial charge in [0.05, 0.1) is 11.6 Å². The third kappa shape index (κ3) is 8.33. The number of hydrogen-bond donors (Lipinski definition) is 0. The summed E-state index contributed by atoms with van der Waals surface area (Å²) in [5.41, 5.74) is 5.97. The van der Waals surface area contributed by atoms with E-state index in [0.717, 1.165) is 58.9 Å². The van der Waals surface area contributed by atoms with Crippen LogP contribution >= 0.6 is 11.6 Å². The zero-order valence-electron chi connectivity index (χ0n) is 22.8. The lowest BCUT2D eigenvalue weighted by Gasteiger charge is -2.28. The summed E-state index contributed by atoms with van der Waals surface area (Å²) in [6.07, 6.45) is 4.26. The van der Waals surface area contributed by atoms with E-state index in [1.54, 1.807) is 6.26 Å². The average molecular weight is 523 g/mol. The Balaban J connectivity index is 0.00000163. The number of aromatic nitrogens is 1. The maximum atomic E-state index is 9.81. The quantitative estimate of drug-likeness (QED) is 0.199. The molecule has 3 rings (SSSR count). The molecular formula is C31H39ClN2O3. The summed E-state index contributed by atoms with van der Waals surface area (Å²) in [4.78, 5) is 12.5. The number of rotatable bonds is 10. The Labute approximate surface area is 227 Å². The third-order valence-electron chi connectivity index (χ3n) is 6.15. The number of aryl methyl sites for hydroxylation is 1. The predicted molar refractivity (Wildman–Crippen MR) is 151 cm³/mol. The topological polar surface area (TPSA) is 76.1 Å². The number of ether oxygens (including phenoxy) is 1. The van der Waals surface area contributed by atoms with Gasteiger partial charge >= 0.3 is 0 Å². The van der Waals surface area contributed by atoms with Crippen LogP contribution in [0.1, 0.15) is 86.4 Å². The van der Waals surface area contributed by atoms with E-state index in [2.05, 4.69) is 63.2 Å².